The summed E-state index contributed by atoms with van der Waals surface area (Å²) >= 11 is 0. The average Bonchev–Trinajstić information content (AvgIpc) is 4.09. The van der Waals surface area contributed by atoms with Crippen LogP contribution < -0.4 is 5.32 Å². The number of ether oxygens (including phenoxy) is 2. The summed E-state index contributed by atoms with van der Waals surface area (Å²) in [5.74, 6) is -3.80. The SMILES string of the molecule is CCCNCC(=O)CCCCCCC(=O)N1[C@@H]2CC[C@@H](C2)[C@H]1C(=O)C[C@H](C(=O)N(C)[C@@H]([C@@H](C)CC)[C@@H](CC(=O)N1CCC[C@H]1[C@H](OC)[C@@H](C)C(=O)C[C@@H](Cc1ccccc1)C(=O)O)OC)C(C)C. The molecule has 1 saturated carbocycles. The number of benzene rings is 1. The number of aliphatic carboxylic acids is 1. The highest BCUT2D eigenvalue weighted by Gasteiger charge is 2.51. The van der Waals surface area contributed by atoms with Gasteiger partial charge in [0.1, 0.15) is 11.6 Å². The highest BCUT2D eigenvalue weighted by atomic mass is 16.5. The minimum atomic E-state index is -1.04. The van der Waals surface area contributed by atoms with E-state index < -0.39 is 54.1 Å². The molecule has 11 atom stereocenters. The van der Waals surface area contributed by atoms with Crippen LogP contribution in [0.1, 0.15) is 150 Å². The van der Waals surface area contributed by atoms with Crippen molar-refractivity contribution in [3.8, 4) is 0 Å². The van der Waals surface area contributed by atoms with E-state index in [9.17, 15) is 38.7 Å². The van der Waals surface area contributed by atoms with Gasteiger partial charge in [0.2, 0.25) is 17.7 Å². The van der Waals surface area contributed by atoms with Crippen LogP contribution in [-0.4, -0.2) is 138 Å². The molecule has 14 nitrogen and oxygen atoms in total. The predicted octanol–water partition coefficient (Wildman–Crippen LogP) is 7.33. The van der Waals surface area contributed by atoms with Crippen molar-refractivity contribution < 1.29 is 48.1 Å². The molecule has 2 heterocycles. The van der Waals surface area contributed by atoms with Gasteiger partial charge < -0.3 is 34.6 Å². The molecule has 2 bridgehead atoms. The van der Waals surface area contributed by atoms with E-state index in [0.29, 0.717) is 51.6 Å². The first-order valence-corrected chi connectivity index (χ1v) is 26.0. The third kappa shape index (κ3) is 15.2. The molecular formula is C54H86N4O10. The Kier molecular flexibility index (Phi) is 23.3. The zero-order chi connectivity index (χ0) is 50.1. The van der Waals surface area contributed by atoms with Crippen molar-refractivity contribution in [2.45, 2.75) is 187 Å². The van der Waals surface area contributed by atoms with Crippen LogP contribution in [0.5, 0.6) is 0 Å². The number of methoxy groups -OCH3 is 2. The predicted molar refractivity (Wildman–Crippen MR) is 263 cm³/mol. The number of Topliss-reactive ketones (excluding diaryl/α,β-unsaturated/α-hetero) is 3. The molecule has 3 fully saturated rings. The first-order valence-electron chi connectivity index (χ1n) is 26.0. The van der Waals surface area contributed by atoms with Crippen molar-refractivity contribution in [2.24, 2.45) is 35.5 Å². The molecule has 14 heteroatoms. The number of rotatable bonds is 32. The number of likely N-dealkylation sites (N-methyl/N-ethyl adjacent to an activating group) is 1. The maximum absolute atomic E-state index is 14.7. The van der Waals surface area contributed by atoms with Crippen LogP contribution >= 0.6 is 0 Å². The Morgan fingerprint density at radius 2 is 1.54 bits per heavy atom. The number of carbonyl (C=O) groups is 7. The van der Waals surface area contributed by atoms with Crippen molar-refractivity contribution in [1.29, 1.82) is 0 Å². The Hall–Kier alpha value is -4.01. The zero-order valence-electron chi connectivity index (χ0n) is 42.9. The number of nitrogens with one attached hydrogen (secondary N) is 1. The molecule has 0 unspecified atom stereocenters. The van der Waals surface area contributed by atoms with Crippen LogP contribution in [-0.2, 0) is 49.5 Å². The fourth-order valence-electron chi connectivity index (χ4n) is 11.5. The van der Waals surface area contributed by atoms with Crippen molar-refractivity contribution in [3.05, 3.63) is 35.9 Å². The first kappa shape index (κ1) is 56.6. The van der Waals surface area contributed by atoms with E-state index in [1.165, 1.54) is 7.11 Å². The Morgan fingerprint density at radius 1 is 0.853 bits per heavy atom. The third-order valence-corrected chi connectivity index (χ3v) is 15.6. The van der Waals surface area contributed by atoms with Gasteiger partial charge in [-0.25, -0.2) is 0 Å². The smallest absolute Gasteiger partial charge is 0.307 e. The van der Waals surface area contributed by atoms with E-state index in [-0.39, 0.29) is 84.6 Å². The molecule has 2 aliphatic heterocycles. The summed E-state index contributed by atoms with van der Waals surface area (Å²) in [6.45, 7) is 13.5. The molecule has 3 amide bonds. The Morgan fingerprint density at radius 3 is 2.16 bits per heavy atom. The van der Waals surface area contributed by atoms with Crippen LogP contribution in [0, 0.1) is 35.5 Å². The van der Waals surface area contributed by atoms with Crippen molar-refractivity contribution in [3.63, 3.8) is 0 Å². The van der Waals surface area contributed by atoms with Crippen LogP contribution in [0.25, 0.3) is 0 Å². The van der Waals surface area contributed by atoms with Gasteiger partial charge in [0.05, 0.1) is 49.2 Å². The molecule has 3 aliphatic rings. The third-order valence-electron chi connectivity index (χ3n) is 15.6. The maximum Gasteiger partial charge on any atom is 0.307 e. The number of carboxylic acids is 1. The lowest BCUT2D eigenvalue weighted by molar-refractivity contribution is -0.150. The molecule has 0 radical (unpaired) electrons. The molecule has 2 saturated heterocycles. The number of carboxylic acid groups (broad SMARTS) is 1. The Bertz CT molecular complexity index is 1810. The second-order valence-electron chi connectivity index (χ2n) is 20.6. The van der Waals surface area contributed by atoms with E-state index in [2.05, 4.69) is 12.2 Å². The van der Waals surface area contributed by atoms with E-state index in [1.807, 2.05) is 62.9 Å². The highest BCUT2D eigenvalue weighted by Crippen LogP contribution is 2.44. The normalized spacial score (nSPS) is 22.1. The van der Waals surface area contributed by atoms with Gasteiger partial charge in [-0.1, -0.05) is 91.1 Å². The topological polar surface area (TPSA) is 180 Å². The van der Waals surface area contributed by atoms with E-state index in [4.69, 9.17) is 9.47 Å². The summed E-state index contributed by atoms with van der Waals surface area (Å²) in [6, 6.07) is 7.87. The number of likely N-dealkylation sites (tertiary alicyclic amines) is 2. The van der Waals surface area contributed by atoms with Crippen molar-refractivity contribution >= 4 is 41.0 Å². The number of fused-ring (bicyclic) bond motifs is 2. The second-order valence-corrected chi connectivity index (χ2v) is 20.6. The van der Waals surface area contributed by atoms with E-state index >= 15 is 0 Å². The summed E-state index contributed by atoms with van der Waals surface area (Å²) in [6.07, 6.45) is 8.54. The largest absolute Gasteiger partial charge is 0.481 e. The molecule has 0 aromatic heterocycles. The minimum absolute atomic E-state index is 0.00755. The molecule has 1 aromatic carbocycles. The summed E-state index contributed by atoms with van der Waals surface area (Å²) < 4.78 is 12.1. The fourth-order valence-corrected chi connectivity index (χ4v) is 11.5. The van der Waals surface area contributed by atoms with Gasteiger partial charge in [0.25, 0.3) is 0 Å². The number of unbranched alkanes of at least 4 members (excludes halogenated alkanes) is 3. The first-order chi connectivity index (χ1) is 32.5. The van der Waals surface area contributed by atoms with Gasteiger partial charge in [0.15, 0.2) is 5.78 Å². The molecule has 382 valence electrons. The summed E-state index contributed by atoms with van der Waals surface area (Å²) in [4.78, 5) is 101. The van der Waals surface area contributed by atoms with E-state index in [0.717, 1.165) is 57.1 Å². The van der Waals surface area contributed by atoms with Gasteiger partial charge in [-0.2, -0.15) is 0 Å². The monoisotopic (exact) mass is 951 g/mol. The van der Waals surface area contributed by atoms with Gasteiger partial charge in [-0.05, 0) is 87.6 Å². The fraction of sp³-hybridized carbons (Fsp3) is 0.759. The van der Waals surface area contributed by atoms with Crippen LogP contribution in [0.2, 0.25) is 0 Å². The lowest BCUT2D eigenvalue weighted by atomic mass is 9.83. The maximum atomic E-state index is 14.7. The van der Waals surface area contributed by atoms with Gasteiger partial charge in [-0.3, -0.25) is 33.6 Å². The summed E-state index contributed by atoms with van der Waals surface area (Å²) in [7, 11) is 4.83. The minimum Gasteiger partial charge on any atom is -0.481 e. The molecule has 0 spiro atoms. The zero-order valence-corrected chi connectivity index (χ0v) is 42.9. The highest BCUT2D eigenvalue weighted by molar-refractivity contribution is 5.94. The number of hydrogen-bond acceptors (Lipinski definition) is 10. The lowest BCUT2D eigenvalue weighted by Gasteiger charge is -2.41. The van der Waals surface area contributed by atoms with Gasteiger partial charge >= 0.3 is 5.97 Å². The lowest BCUT2D eigenvalue weighted by Crippen LogP contribution is -2.54. The second kappa shape index (κ2) is 28.0. The molecule has 1 aliphatic carbocycles. The van der Waals surface area contributed by atoms with Crippen LogP contribution in [0.3, 0.4) is 0 Å². The Labute approximate surface area is 407 Å². The van der Waals surface area contributed by atoms with Gasteiger partial charge in [0, 0.05) is 71.4 Å². The molecule has 2 N–H and O–H groups in total. The number of carbonyl (C=O) groups excluding carboxylic acids is 6. The van der Waals surface area contributed by atoms with Gasteiger partial charge in [-0.15, -0.1) is 0 Å². The van der Waals surface area contributed by atoms with Crippen molar-refractivity contribution in [1.82, 2.24) is 20.0 Å². The molecule has 68 heavy (non-hydrogen) atoms. The standard InChI is InChI=1S/C54H86N4O10/c1-10-27-55-34-42(59)22-17-12-13-18-24-48(62)58-41-26-25-39(30-41)51(58)46(61)32-43(35(3)4)53(64)56(7)50(36(5)11-2)47(67-8)33-49(63)57-28-19-23-44(57)52(68-9)37(6)45(60)31-40(54(65)66)29-38-20-15-14-16-21-38/h14-16,20-21,35-37,39-41,43-44,47,50-52,55H,10-13,17-19,22-34H2,1-9H3,(H,65,66)/t36-,37-,39-,40+,41+,43-,44-,47+,50-,51-,52+/m0/s1. The number of amides is 3. The number of piperidine rings is 1. The number of nitrogens with zero attached hydrogens (tertiary/aromatic N) is 3. The number of ketones is 3. The van der Waals surface area contributed by atoms with Crippen molar-refractivity contribution in [2.75, 3.05) is 40.9 Å². The number of hydrogen-bond donors (Lipinski definition) is 2. The molecular weight excluding hydrogens is 865 g/mol. The average molecular weight is 951 g/mol. The summed E-state index contributed by atoms with van der Waals surface area (Å²) in [5, 5.41) is 13.2. The van der Waals surface area contributed by atoms with E-state index in [1.54, 1.807) is 30.9 Å². The molecule has 1 aromatic rings. The summed E-state index contributed by atoms with van der Waals surface area (Å²) in [5.41, 5.74) is 0.840. The molecule has 4 rings (SSSR count). The Balaban J connectivity index is 1.40. The quantitative estimate of drug-likeness (QED) is 0.0691. The van der Waals surface area contributed by atoms with Crippen LogP contribution in [0.4, 0.5) is 0 Å². The van der Waals surface area contributed by atoms with Crippen LogP contribution in [0.15, 0.2) is 30.3 Å².